The molecule has 0 aliphatic rings. The third-order valence-corrected chi connectivity index (χ3v) is 0.385. The fourth-order valence-corrected chi connectivity index (χ4v) is 0.136. The molecule has 0 aliphatic carbocycles. The van der Waals surface area contributed by atoms with Crippen molar-refractivity contribution in [3.63, 3.8) is 0 Å². The zero-order chi connectivity index (χ0) is 10.2. The van der Waals surface area contributed by atoms with Crippen molar-refractivity contribution in [3.8, 4) is 0 Å². The molecule has 0 rings (SSSR count). The molecule has 0 spiro atoms. The molecule has 3 nitrogen and oxygen atoms in total. The molecule has 0 radical (unpaired) electrons. The van der Waals surface area contributed by atoms with E-state index in [0.29, 0.717) is 0 Å². The Balaban J connectivity index is -0.000000112. The molecule has 0 unspecified atom stereocenters. The molecule has 0 aliphatic heterocycles. The van der Waals surface area contributed by atoms with Crippen LogP contribution >= 0.6 is 0 Å². The minimum atomic E-state index is 1.31. The first-order chi connectivity index (χ1) is 5.83. The molecule has 0 bridgehead atoms. The fourth-order valence-electron chi connectivity index (χ4n) is 0.136. The van der Waals surface area contributed by atoms with Crippen LogP contribution in [0.15, 0.2) is 51.4 Å². The van der Waals surface area contributed by atoms with Gasteiger partial charge in [0.2, 0.25) is 0 Å². The third-order valence-electron chi connectivity index (χ3n) is 0.385. The van der Waals surface area contributed by atoms with Crippen molar-refractivity contribution in [2.75, 3.05) is 0 Å². The van der Waals surface area contributed by atoms with Crippen LogP contribution in [0.1, 0.15) is 0 Å². The predicted molar refractivity (Wildman–Crippen MR) is 50.1 cm³/mol. The predicted octanol–water partition coefficient (Wildman–Crippen LogP) is 2.40. The van der Waals surface area contributed by atoms with Gasteiger partial charge in [-0.15, -0.1) is 0 Å². The van der Waals surface area contributed by atoms with E-state index in [1.54, 1.807) is 0 Å². The average molecular weight is 170 g/mol. The molecular formula is C9H14O3. The van der Waals surface area contributed by atoms with Crippen molar-refractivity contribution in [1.29, 1.82) is 0 Å². The van der Waals surface area contributed by atoms with E-state index in [0.717, 1.165) is 0 Å². The first-order valence-electron chi connectivity index (χ1n) is 2.86. The molecule has 0 heterocycles. The van der Waals surface area contributed by atoms with Gasteiger partial charge >= 0.3 is 0 Å². The zero-order valence-corrected chi connectivity index (χ0v) is 7.07. The van der Waals surface area contributed by atoms with Crippen molar-refractivity contribution in [2.24, 2.45) is 0 Å². The lowest BCUT2D eigenvalue weighted by Gasteiger charge is -1.76. The molecule has 0 N–H and O–H groups in total. The van der Waals surface area contributed by atoms with E-state index in [1.807, 2.05) is 6.79 Å². The van der Waals surface area contributed by atoms with Crippen LogP contribution in [0.4, 0.5) is 0 Å². The Labute approximate surface area is 73.3 Å². The van der Waals surface area contributed by atoms with Crippen LogP contribution in [-0.2, 0) is 14.3 Å². The van der Waals surface area contributed by atoms with E-state index in [4.69, 9.17) is 4.79 Å². The molecule has 0 saturated heterocycles. The number of ether oxygens (including phenoxy) is 2. The first-order valence-corrected chi connectivity index (χ1v) is 2.86. The van der Waals surface area contributed by atoms with Crippen LogP contribution in [0.25, 0.3) is 0 Å². The second-order valence-electron chi connectivity index (χ2n) is 0.939. The summed E-state index contributed by atoms with van der Waals surface area (Å²) < 4.78 is 8.72. The van der Waals surface area contributed by atoms with Crippen molar-refractivity contribution in [1.82, 2.24) is 0 Å². The van der Waals surface area contributed by atoms with Crippen molar-refractivity contribution in [2.45, 2.75) is 0 Å². The van der Waals surface area contributed by atoms with Crippen molar-refractivity contribution in [3.05, 3.63) is 51.4 Å². The normalized spacial score (nSPS) is 5.00. The van der Waals surface area contributed by atoms with Crippen LogP contribution in [0, 0.1) is 0 Å². The summed E-state index contributed by atoms with van der Waals surface area (Å²) >= 11 is 0. The standard InChI is InChI=1S/2C4H6O.CH2O/c2*1-3-5-4-2;1-2/h2*3-4H,1-2H2;1H2. The van der Waals surface area contributed by atoms with E-state index < -0.39 is 0 Å². The minimum absolute atomic E-state index is 1.31. The van der Waals surface area contributed by atoms with Gasteiger partial charge in [-0.1, -0.05) is 26.3 Å². The van der Waals surface area contributed by atoms with Crippen molar-refractivity contribution < 1.29 is 14.3 Å². The van der Waals surface area contributed by atoms with Crippen LogP contribution in [0.2, 0.25) is 0 Å². The van der Waals surface area contributed by atoms with Gasteiger partial charge in [-0.3, -0.25) is 0 Å². The summed E-state index contributed by atoms with van der Waals surface area (Å²) in [6, 6.07) is 0. The SMILES string of the molecule is C=COC=C.C=COC=C.C=O. The summed E-state index contributed by atoms with van der Waals surface area (Å²) in [7, 11) is 0. The molecule has 0 aromatic heterocycles. The molecular weight excluding hydrogens is 156 g/mol. The van der Waals surface area contributed by atoms with Gasteiger partial charge in [0.25, 0.3) is 0 Å². The second-order valence-corrected chi connectivity index (χ2v) is 0.939. The van der Waals surface area contributed by atoms with Crippen LogP contribution < -0.4 is 0 Å². The molecule has 68 valence electrons. The maximum absolute atomic E-state index is 8.00. The Hall–Kier alpha value is -1.77. The summed E-state index contributed by atoms with van der Waals surface area (Å²) in [4.78, 5) is 8.00. The largest absolute Gasteiger partial charge is 0.474 e. The lowest BCUT2D eigenvalue weighted by atomic mass is 11.1. The van der Waals surface area contributed by atoms with Gasteiger partial charge in [-0.2, -0.15) is 0 Å². The van der Waals surface area contributed by atoms with E-state index in [1.165, 1.54) is 25.0 Å². The first kappa shape index (κ1) is 16.7. The van der Waals surface area contributed by atoms with Crippen LogP contribution in [0.3, 0.4) is 0 Å². The van der Waals surface area contributed by atoms with Crippen LogP contribution in [-0.4, -0.2) is 6.79 Å². The Morgan fingerprint density at radius 1 is 0.667 bits per heavy atom. The molecule has 12 heavy (non-hydrogen) atoms. The number of hydrogen-bond acceptors (Lipinski definition) is 3. The highest BCUT2D eigenvalue weighted by atomic mass is 16.5. The van der Waals surface area contributed by atoms with E-state index in [2.05, 4.69) is 35.8 Å². The summed E-state index contributed by atoms with van der Waals surface area (Å²) in [5, 5.41) is 0. The smallest absolute Gasteiger partial charge is 0.106 e. The Bertz CT molecular complexity index is 92.9. The lowest BCUT2D eigenvalue weighted by Crippen LogP contribution is -1.52. The summed E-state index contributed by atoms with van der Waals surface area (Å²) in [6.45, 7) is 15.0. The van der Waals surface area contributed by atoms with Gasteiger partial charge in [0.1, 0.15) is 6.79 Å². The molecule has 0 aromatic rings. The zero-order valence-electron chi connectivity index (χ0n) is 7.07. The van der Waals surface area contributed by atoms with E-state index >= 15 is 0 Å². The molecule has 0 fully saturated rings. The summed E-state index contributed by atoms with van der Waals surface area (Å²) in [5.74, 6) is 0. The molecule has 0 amide bonds. The fraction of sp³-hybridized carbons (Fsp3) is 0. The number of rotatable bonds is 4. The van der Waals surface area contributed by atoms with Gasteiger partial charge in [0.05, 0.1) is 25.0 Å². The second kappa shape index (κ2) is 34.9. The van der Waals surface area contributed by atoms with Crippen molar-refractivity contribution >= 4 is 6.79 Å². The maximum atomic E-state index is 8.00. The topological polar surface area (TPSA) is 35.5 Å². The highest BCUT2D eigenvalue weighted by Crippen LogP contribution is 1.66. The molecule has 0 atom stereocenters. The summed E-state index contributed by atoms with van der Waals surface area (Å²) in [5.41, 5.74) is 0. The lowest BCUT2D eigenvalue weighted by molar-refractivity contribution is -0.0979. The molecule has 3 heteroatoms. The minimum Gasteiger partial charge on any atom is -0.474 e. The quantitative estimate of drug-likeness (QED) is 0.608. The average Bonchev–Trinajstić information content (AvgIpc) is 2.12. The Morgan fingerprint density at radius 2 is 0.833 bits per heavy atom. The van der Waals surface area contributed by atoms with Gasteiger partial charge < -0.3 is 14.3 Å². The van der Waals surface area contributed by atoms with Gasteiger partial charge in [-0.05, 0) is 0 Å². The third kappa shape index (κ3) is 86.5. The van der Waals surface area contributed by atoms with Gasteiger partial charge in [-0.25, -0.2) is 0 Å². The van der Waals surface area contributed by atoms with E-state index in [9.17, 15) is 0 Å². The van der Waals surface area contributed by atoms with E-state index in [-0.39, 0.29) is 0 Å². The Kier molecular flexibility index (Phi) is 48.5. The highest BCUT2D eigenvalue weighted by molar-refractivity contribution is 5.10. The number of carbonyl (C=O) groups excluding carboxylic acids is 1. The molecule has 0 saturated carbocycles. The Morgan fingerprint density at radius 3 is 0.833 bits per heavy atom. The van der Waals surface area contributed by atoms with Crippen LogP contribution in [0.5, 0.6) is 0 Å². The maximum Gasteiger partial charge on any atom is 0.106 e. The highest BCUT2D eigenvalue weighted by Gasteiger charge is 1.46. The monoisotopic (exact) mass is 170 g/mol. The summed E-state index contributed by atoms with van der Waals surface area (Å²) in [6.07, 6.45) is 5.25. The van der Waals surface area contributed by atoms with Gasteiger partial charge in [0.15, 0.2) is 0 Å². The number of carbonyl (C=O) groups is 1. The molecule has 0 aromatic carbocycles. The number of hydrogen-bond donors (Lipinski definition) is 0. The van der Waals surface area contributed by atoms with Gasteiger partial charge in [0, 0.05) is 0 Å².